The lowest BCUT2D eigenvalue weighted by Gasteiger charge is -2.20. The summed E-state index contributed by atoms with van der Waals surface area (Å²) in [7, 11) is 0. The fourth-order valence-corrected chi connectivity index (χ4v) is 3.06. The predicted molar refractivity (Wildman–Crippen MR) is 47.4 cm³/mol. The molecule has 0 aliphatic heterocycles. The van der Waals surface area contributed by atoms with Crippen molar-refractivity contribution in [2.24, 2.45) is 23.5 Å². The van der Waals surface area contributed by atoms with Gasteiger partial charge in [-0.3, -0.25) is 4.79 Å². The lowest BCUT2D eigenvalue weighted by atomic mass is 9.85. The molecule has 2 aliphatic rings. The van der Waals surface area contributed by atoms with Crippen LogP contribution < -0.4 is 5.73 Å². The summed E-state index contributed by atoms with van der Waals surface area (Å²) in [6, 6.07) is 0. The Labute approximate surface area is 73.5 Å². The van der Waals surface area contributed by atoms with E-state index in [2.05, 4.69) is 0 Å². The van der Waals surface area contributed by atoms with Crippen LogP contribution in [0.2, 0.25) is 0 Å². The first-order valence-electron chi connectivity index (χ1n) is 5.04. The minimum atomic E-state index is -0.127. The Morgan fingerprint density at radius 2 is 2.17 bits per heavy atom. The average molecular weight is 167 g/mol. The van der Waals surface area contributed by atoms with Crippen LogP contribution in [0.15, 0.2) is 0 Å². The van der Waals surface area contributed by atoms with Gasteiger partial charge in [0.1, 0.15) is 0 Å². The van der Waals surface area contributed by atoms with Crippen molar-refractivity contribution in [3.8, 4) is 0 Å². The highest BCUT2D eigenvalue weighted by Crippen LogP contribution is 2.49. The van der Waals surface area contributed by atoms with E-state index in [1.807, 2.05) is 0 Å². The topological polar surface area (TPSA) is 43.1 Å². The fourth-order valence-electron chi connectivity index (χ4n) is 3.06. The lowest BCUT2D eigenvalue weighted by Crippen LogP contribution is -2.16. The monoisotopic (exact) mass is 167 g/mol. The molecule has 0 spiro atoms. The van der Waals surface area contributed by atoms with Crippen LogP contribution in [-0.2, 0) is 4.79 Å². The van der Waals surface area contributed by atoms with Crippen molar-refractivity contribution in [2.45, 2.75) is 38.5 Å². The highest BCUT2D eigenvalue weighted by molar-refractivity contribution is 5.73. The Balaban J connectivity index is 1.79. The molecular weight excluding hydrogens is 150 g/mol. The molecular formula is C10H17NO. The quantitative estimate of drug-likeness (QED) is 0.683. The van der Waals surface area contributed by atoms with Crippen molar-refractivity contribution in [2.75, 3.05) is 0 Å². The Bertz CT molecular complexity index is 190. The number of hydrogen-bond donors (Lipinski definition) is 1. The van der Waals surface area contributed by atoms with Gasteiger partial charge < -0.3 is 5.73 Å². The number of carbonyl (C=O) groups excluding carboxylic acids is 1. The Hall–Kier alpha value is -0.530. The molecule has 3 atom stereocenters. The van der Waals surface area contributed by atoms with E-state index in [9.17, 15) is 4.79 Å². The van der Waals surface area contributed by atoms with E-state index in [0.717, 1.165) is 24.2 Å². The molecule has 0 aromatic heterocycles. The molecule has 1 amide bonds. The van der Waals surface area contributed by atoms with Crippen LogP contribution in [0.5, 0.6) is 0 Å². The van der Waals surface area contributed by atoms with Gasteiger partial charge in [0.05, 0.1) is 0 Å². The largest absolute Gasteiger partial charge is 0.370 e. The van der Waals surface area contributed by atoms with E-state index in [1.54, 1.807) is 0 Å². The number of carbonyl (C=O) groups is 1. The zero-order valence-electron chi connectivity index (χ0n) is 7.46. The molecule has 2 nitrogen and oxygen atoms in total. The van der Waals surface area contributed by atoms with Gasteiger partial charge >= 0.3 is 0 Å². The van der Waals surface area contributed by atoms with Crippen LogP contribution in [0, 0.1) is 17.8 Å². The Morgan fingerprint density at radius 1 is 1.33 bits per heavy atom. The fraction of sp³-hybridized carbons (Fsp3) is 0.900. The second kappa shape index (κ2) is 3.08. The predicted octanol–water partition coefficient (Wildman–Crippen LogP) is 1.69. The normalized spacial score (nSPS) is 38.8. The smallest absolute Gasteiger partial charge is 0.217 e. The molecule has 12 heavy (non-hydrogen) atoms. The van der Waals surface area contributed by atoms with Gasteiger partial charge in [-0.2, -0.15) is 0 Å². The van der Waals surface area contributed by atoms with Gasteiger partial charge in [-0.25, -0.2) is 0 Å². The van der Waals surface area contributed by atoms with Gasteiger partial charge in [0.2, 0.25) is 5.91 Å². The maximum atomic E-state index is 10.6. The first-order chi connectivity index (χ1) is 5.75. The average Bonchev–Trinajstić information content (AvgIpc) is 2.60. The van der Waals surface area contributed by atoms with Crippen molar-refractivity contribution in [1.29, 1.82) is 0 Å². The number of amides is 1. The van der Waals surface area contributed by atoms with Crippen molar-refractivity contribution in [3.63, 3.8) is 0 Å². The minimum absolute atomic E-state index is 0.127. The van der Waals surface area contributed by atoms with E-state index in [4.69, 9.17) is 5.73 Å². The summed E-state index contributed by atoms with van der Waals surface area (Å²) in [6.45, 7) is 0. The SMILES string of the molecule is NC(=O)CC[C@H]1C[C@H]2CC[C@@H]1C2. The van der Waals surface area contributed by atoms with E-state index in [0.29, 0.717) is 6.42 Å². The molecule has 0 heterocycles. The lowest BCUT2D eigenvalue weighted by molar-refractivity contribution is -0.118. The molecule has 0 radical (unpaired) electrons. The second-order valence-corrected chi connectivity index (χ2v) is 4.44. The van der Waals surface area contributed by atoms with E-state index >= 15 is 0 Å². The highest BCUT2D eigenvalue weighted by atomic mass is 16.1. The molecule has 0 unspecified atom stereocenters. The standard InChI is InChI=1S/C10H17NO/c11-10(12)4-3-9-6-7-1-2-8(9)5-7/h7-9H,1-6H2,(H2,11,12)/t7-,8+,9-/m0/s1. The molecule has 0 aromatic rings. The summed E-state index contributed by atoms with van der Waals surface area (Å²) in [5.74, 6) is 2.64. The molecule has 2 bridgehead atoms. The molecule has 68 valence electrons. The third-order valence-corrected chi connectivity index (χ3v) is 3.65. The van der Waals surface area contributed by atoms with Crippen molar-refractivity contribution >= 4 is 5.91 Å². The third-order valence-electron chi connectivity index (χ3n) is 3.65. The third kappa shape index (κ3) is 1.47. The van der Waals surface area contributed by atoms with E-state index in [-0.39, 0.29) is 5.91 Å². The van der Waals surface area contributed by atoms with Crippen LogP contribution in [0.1, 0.15) is 38.5 Å². The maximum Gasteiger partial charge on any atom is 0.217 e. The first-order valence-corrected chi connectivity index (χ1v) is 5.04. The van der Waals surface area contributed by atoms with Crippen LogP contribution in [-0.4, -0.2) is 5.91 Å². The summed E-state index contributed by atoms with van der Waals surface area (Å²) in [5.41, 5.74) is 5.13. The van der Waals surface area contributed by atoms with Crippen LogP contribution in [0.4, 0.5) is 0 Å². The molecule has 2 heteroatoms. The maximum absolute atomic E-state index is 10.6. The number of primary amides is 1. The molecule has 2 saturated carbocycles. The Morgan fingerprint density at radius 3 is 2.67 bits per heavy atom. The van der Waals surface area contributed by atoms with Gasteiger partial charge in [0, 0.05) is 6.42 Å². The van der Waals surface area contributed by atoms with Gasteiger partial charge in [0.15, 0.2) is 0 Å². The van der Waals surface area contributed by atoms with Gasteiger partial charge in [-0.15, -0.1) is 0 Å². The molecule has 0 aromatic carbocycles. The summed E-state index contributed by atoms with van der Waals surface area (Å²) in [4.78, 5) is 10.6. The van der Waals surface area contributed by atoms with Gasteiger partial charge in [-0.05, 0) is 43.4 Å². The molecule has 0 saturated heterocycles. The first kappa shape index (κ1) is 8.09. The van der Waals surface area contributed by atoms with Crippen LogP contribution >= 0.6 is 0 Å². The molecule has 2 aliphatic carbocycles. The molecule has 2 N–H and O–H groups in total. The summed E-state index contributed by atoms with van der Waals surface area (Å²) in [6.07, 6.45) is 7.32. The highest BCUT2D eigenvalue weighted by Gasteiger charge is 2.38. The molecule has 2 rings (SSSR count). The van der Waals surface area contributed by atoms with Gasteiger partial charge in [-0.1, -0.05) is 6.42 Å². The van der Waals surface area contributed by atoms with Crippen molar-refractivity contribution in [1.82, 2.24) is 0 Å². The second-order valence-electron chi connectivity index (χ2n) is 4.44. The zero-order chi connectivity index (χ0) is 8.55. The van der Waals surface area contributed by atoms with Crippen LogP contribution in [0.3, 0.4) is 0 Å². The summed E-state index contributed by atoms with van der Waals surface area (Å²) < 4.78 is 0. The minimum Gasteiger partial charge on any atom is -0.370 e. The van der Waals surface area contributed by atoms with Crippen LogP contribution in [0.25, 0.3) is 0 Å². The van der Waals surface area contributed by atoms with Crippen molar-refractivity contribution in [3.05, 3.63) is 0 Å². The zero-order valence-corrected chi connectivity index (χ0v) is 7.46. The molecule has 2 fully saturated rings. The van der Waals surface area contributed by atoms with E-state index in [1.165, 1.54) is 25.7 Å². The summed E-state index contributed by atoms with van der Waals surface area (Å²) >= 11 is 0. The Kier molecular flexibility index (Phi) is 2.07. The number of hydrogen-bond acceptors (Lipinski definition) is 1. The number of nitrogens with two attached hydrogens (primary N) is 1. The number of fused-ring (bicyclic) bond motifs is 2. The van der Waals surface area contributed by atoms with Crippen molar-refractivity contribution < 1.29 is 4.79 Å². The van der Waals surface area contributed by atoms with E-state index < -0.39 is 0 Å². The van der Waals surface area contributed by atoms with Gasteiger partial charge in [0.25, 0.3) is 0 Å². The number of rotatable bonds is 3. The summed E-state index contributed by atoms with van der Waals surface area (Å²) in [5, 5.41) is 0.